The SMILES string of the molecule is CC(C)/[N+]([O-])=C/c1ccc(O)cc1. The molecule has 1 rings (SSSR count). The van der Waals surface area contributed by atoms with Crippen LogP contribution in [-0.2, 0) is 0 Å². The van der Waals surface area contributed by atoms with Crippen LogP contribution in [0.25, 0.3) is 0 Å². The molecule has 0 unspecified atom stereocenters. The van der Waals surface area contributed by atoms with Crippen LogP contribution in [0.15, 0.2) is 24.3 Å². The third-order valence-electron chi connectivity index (χ3n) is 1.68. The highest BCUT2D eigenvalue weighted by molar-refractivity contribution is 5.75. The summed E-state index contributed by atoms with van der Waals surface area (Å²) in [5.74, 6) is 0.208. The highest BCUT2D eigenvalue weighted by atomic mass is 16.5. The molecule has 0 aromatic heterocycles. The summed E-state index contributed by atoms with van der Waals surface area (Å²) in [6.07, 6.45) is 1.50. The van der Waals surface area contributed by atoms with Crippen molar-refractivity contribution in [2.75, 3.05) is 0 Å². The predicted octanol–water partition coefficient (Wildman–Crippen LogP) is 1.73. The van der Waals surface area contributed by atoms with Crippen LogP contribution in [0.4, 0.5) is 0 Å². The third-order valence-corrected chi connectivity index (χ3v) is 1.68. The van der Waals surface area contributed by atoms with Gasteiger partial charge in [-0.25, -0.2) is 4.74 Å². The zero-order valence-corrected chi connectivity index (χ0v) is 7.77. The second kappa shape index (κ2) is 3.94. The highest BCUT2D eigenvalue weighted by Gasteiger charge is 2.00. The maximum Gasteiger partial charge on any atom is 0.182 e. The normalized spacial score (nSPS) is 12.1. The first-order valence-electron chi connectivity index (χ1n) is 4.19. The van der Waals surface area contributed by atoms with Gasteiger partial charge in [0.25, 0.3) is 0 Å². The van der Waals surface area contributed by atoms with Gasteiger partial charge in [-0.1, -0.05) is 0 Å². The lowest BCUT2D eigenvalue weighted by Crippen LogP contribution is -2.14. The zero-order valence-electron chi connectivity index (χ0n) is 7.77. The summed E-state index contributed by atoms with van der Waals surface area (Å²) in [5.41, 5.74) is 0.793. The van der Waals surface area contributed by atoms with Crippen molar-refractivity contribution in [2.24, 2.45) is 0 Å². The molecule has 0 saturated carbocycles. The summed E-state index contributed by atoms with van der Waals surface area (Å²) in [4.78, 5) is 0. The molecule has 1 N–H and O–H groups in total. The van der Waals surface area contributed by atoms with Crippen LogP contribution in [-0.4, -0.2) is 22.1 Å². The van der Waals surface area contributed by atoms with E-state index in [0.717, 1.165) is 10.3 Å². The van der Waals surface area contributed by atoms with Crippen LogP contribution in [0.3, 0.4) is 0 Å². The number of aromatic hydroxyl groups is 1. The number of phenols is 1. The van der Waals surface area contributed by atoms with Crippen molar-refractivity contribution >= 4 is 6.21 Å². The van der Waals surface area contributed by atoms with E-state index in [9.17, 15) is 5.21 Å². The van der Waals surface area contributed by atoms with E-state index < -0.39 is 0 Å². The number of hydrogen-bond donors (Lipinski definition) is 1. The largest absolute Gasteiger partial charge is 0.624 e. The molecule has 0 radical (unpaired) electrons. The quantitative estimate of drug-likeness (QED) is 0.325. The summed E-state index contributed by atoms with van der Waals surface area (Å²) < 4.78 is 0.881. The Kier molecular flexibility index (Phi) is 2.90. The van der Waals surface area contributed by atoms with Gasteiger partial charge in [-0.05, 0) is 38.1 Å². The summed E-state index contributed by atoms with van der Waals surface area (Å²) in [6.45, 7) is 3.65. The number of benzene rings is 1. The lowest BCUT2D eigenvalue weighted by Gasteiger charge is -2.06. The number of nitrogens with zero attached hydrogens (tertiary/aromatic N) is 1. The summed E-state index contributed by atoms with van der Waals surface area (Å²) in [6, 6.07) is 6.44. The predicted molar refractivity (Wildman–Crippen MR) is 52.0 cm³/mol. The van der Waals surface area contributed by atoms with Gasteiger partial charge in [-0.2, -0.15) is 0 Å². The van der Waals surface area contributed by atoms with Crippen LogP contribution in [0, 0.1) is 5.21 Å². The van der Waals surface area contributed by atoms with E-state index in [0.29, 0.717) is 0 Å². The van der Waals surface area contributed by atoms with E-state index in [1.54, 1.807) is 24.3 Å². The highest BCUT2D eigenvalue weighted by Crippen LogP contribution is 2.07. The Labute approximate surface area is 77.5 Å². The van der Waals surface area contributed by atoms with Crippen LogP contribution in [0.2, 0.25) is 0 Å². The first kappa shape index (κ1) is 9.58. The Morgan fingerprint density at radius 2 is 1.85 bits per heavy atom. The Morgan fingerprint density at radius 3 is 2.31 bits per heavy atom. The minimum Gasteiger partial charge on any atom is -0.624 e. The number of hydrogen-bond acceptors (Lipinski definition) is 2. The fourth-order valence-electron chi connectivity index (χ4n) is 0.856. The number of hydroxylamine groups is 1. The molecule has 1 aromatic carbocycles. The van der Waals surface area contributed by atoms with E-state index in [2.05, 4.69) is 0 Å². The first-order valence-corrected chi connectivity index (χ1v) is 4.19. The maximum absolute atomic E-state index is 11.2. The van der Waals surface area contributed by atoms with Crippen molar-refractivity contribution in [3.8, 4) is 5.75 Å². The Bertz CT molecular complexity index is 301. The molecular formula is C10H13NO2. The van der Waals surface area contributed by atoms with Crippen LogP contribution < -0.4 is 0 Å². The standard InChI is InChI=1S/C10H13NO2/c1-8(2)11(13)7-9-3-5-10(12)6-4-9/h3-8,12H,1-2H3/b11-7-. The fourth-order valence-corrected chi connectivity index (χ4v) is 0.856. The van der Waals surface area contributed by atoms with Crippen LogP contribution in [0.5, 0.6) is 5.75 Å². The minimum absolute atomic E-state index is 0.0613. The van der Waals surface area contributed by atoms with Crippen molar-refractivity contribution < 1.29 is 9.85 Å². The summed E-state index contributed by atoms with van der Waals surface area (Å²) >= 11 is 0. The molecular weight excluding hydrogens is 166 g/mol. The first-order chi connectivity index (χ1) is 6.09. The van der Waals surface area contributed by atoms with E-state index >= 15 is 0 Å². The van der Waals surface area contributed by atoms with Gasteiger partial charge in [0.05, 0.1) is 0 Å². The van der Waals surface area contributed by atoms with Crippen molar-refractivity contribution in [3.05, 3.63) is 35.0 Å². The molecule has 0 aliphatic rings. The van der Waals surface area contributed by atoms with E-state index in [1.165, 1.54) is 6.21 Å². The topological polar surface area (TPSA) is 46.3 Å². The Morgan fingerprint density at radius 1 is 1.31 bits per heavy atom. The van der Waals surface area contributed by atoms with E-state index in [-0.39, 0.29) is 11.8 Å². The molecule has 0 bridgehead atoms. The third kappa shape index (κ3) is 2.78. The maximum atomic E-state index is 11.2. The smallest absolute Gasteiger partial charge is 0.182 e. The van der Waals surface area contributed by atoms with Gasteiger partial charge in [0.15, 0.2) is 12.3 Å². The van der Waals surface area contributed by atoms with Crippen molar-refractivity contribution in [3.63, 3.8) is 0 Å². The lowest BCUT2D eigenvalue weighted by molar-refractivity contribution is -0.487. The van der Waals surface area contributed by atoms with Crippen LogP contribution in [0.1, 0.15) is 19.4 Å². The monoisotopic (exact) mass is 179 g/mol. The molecule has 0 heterocycles. The summed E-state index contributed by atoms with van der Waals surface area (Å²) in [7, 11) is 0. The van der Waals surface area contributed by atoms with Gasteiger partial charge in [0, 0.05) is 5.56 Å². The Hall–Kier alpha value is -1.51. The molecule has 3 nitrogen and oxygen atoms in total. The lowest BCUT2D eigenvalue weighted by atomic mass is 10.2. The molecule has 13 heavy (non-hydrogen) atoms. The molecule has 0 aliphatic carbocycles. The molecule has 0 saturated heterocycles. The molecule has 3 heteroatoms. The minimum atomic E-state index is -0.0613. The Balaban J connectivity index is 2.85. The molecule has 0 amide bonds. The molecule has 0 spiro atoms. The molecule has 70 valence electrons. The zero-order chi connectivity index (χ0) is 9.84. The van der Waals surface area contributed by atoms with Crippen LogP contribution >= 0.6 is 0 Å². The van der Waals surface area contributed by atoms with E-state index in [4.69, 9.17) is 5.11 Å². The number of rotatable bonds is 2. The van der Waals surface area contributed by atoms with Gasteiger partial charge in [-0.15, -0.1) is 0 Å². The van der Waals surface area contributed by atoms with Crippen molar-refractivity contribution in [1.82, 2.24) is 0 Å². The number of phenolic OH excluding ortho intramolecular Hbond substituents is 1. The average Bonchev–Trinajstić information content (AvgIpc) is 2.08. The second-order valence-electron chi connectivity index (χ2n) is 3.17. The van der Waals surface area contributed by atoms with Gasteiger partial charge in [-0.3, -0.25) is 0 Å². The van der Waals surface area contributed by atoms with Crippen molar-refractivity contribution in [2.45, 2.75) is 19.9 Å². The van der Waals surface area contributed by atoms with E-state index in [1.807, 2.05) is 13.8 Å². The van der Waals surface area contributed by atoms with Gasteiger partial charge in [0.2, 0.25) is 0 Å². The van der Waals surface area contributed by atoms with Gasteiger partial charge >= 0.3 is 0 Å². The molecule has 0 aliphatic heterocycles. The average molecular weight is 179 g/mol. The van der Waals surface area contributed by atoms with Crippen molar-refractivity contribution in [1.29, 1.82) is 0 Å². The fraction of sp³-hybridized carbons (Fsp3) is 0.300. The molecule has 1 aromatic rings. The summed E-state index contributed by atoms with van der Waals surface area (Å²) in [5, 5.41) is 20.2. The second-order valence-corrected chi connectivity index (χ2v) is 3.17. The molecule has 0 atom stereocenters. The van der Waals surface area contributed by atoms with Gasteiger partial charge in [0.1, 0.15) is 5.75 Å². The van der Waals surface area contributed by atoms with Gasteiger partial charge < -0.3 is 10.3 Å². The molecule has 0 fully saturated rings.